The van der Waals surface area contributed by atoms with Crippen molar-refractivity contribution in [2.75, 3.05) is 20.1 Å². The molecule has 8 heteroatoms. The fourth-order valence-corrected chi connectivity index (χ4v) is 2.83. The third-order valence-electron chi connectivity index (χ3n) is 3.64. The molecule has 0 saturated carbocycles. The third kappa shape index (κ3) is 5.19. The summed E-state index contributed by atoms with van der Waals surface area (Å²) in [5.74, 6) is 0. The van der Waals surface area contributed by atoms with Crippen LogP contribution in [0.25, 0.3) is 0 Å². The van der Waals surface area contributed by atoms with Crippen molar-refractivity contribution in [3.63, 3.8) is 0 Å². The molecule has 2 rings (SSSR count). The van der Waals surface area contributed by atoms with Gasteiger partial charge in [0.15, 0.2) is 0 Å². The first kappa shape index (κ1) is 18.2. The molecule has 6 nitrogen and oxygen atoms in total. The summed E-state index contributed by atoms with van der Waals surface area (Å²) in [4.78, 5) is 23.9. The van der Waals surface area contributed by atoms with E-state index in [1.807, 2.05) is 27.8 Å². The Morgan fingerprint density at radius 2 is 2.17 bits per heavy atom. The van der Waals surface area contributed by atoms with Gasteiger partial charge in [0.1, 0.15) is 10.8 Å². The Bertz CT molecular complexity index is 577. The van der Waals surface area contributed by atoms with Crippen molar-refractivity contribution in [2.24, 2.45) is 0 Å². The minimum atomic E-state index is -0.477. The molecule has 1 aromatic heterocycles. The summed E-state index contributed by atoms with van der Waals surface area (Å²) in [5.41, 5.74) is 0.337. The van der Waals surface area contributed by atoms with E-state index in [2.05, 4.69) is 14.9 Å². The molecule has 1 amide bonds. The lowest BCUT2D eigenvalue weighted by Gasteiger charge is -2.26. The van der Waals surface area contributed by atoms with Crippen LogP contribution < -0.4 is 0 Å². The predicted molar refractivity (Wildman–Crippen MR) is 89.7 cm³/mol. The SMILES string of the molecule is CN(Cc1cnc(Cl)nc1Cl)[C@@H]1CCN(C(=O)OC(C)(C)C)C1. The quantitative estimate of drug-likeness (QED) is 0.611. The summed E-state index contributed by atoms with van der Waals surface area (Å²) in [6, 6.07) is 0.245. The molecule has 0 N–H and O–H groups in total. The fraction of sp³-hybridized carbons (Fsp3) is 0.667. The van der Waals surface area contributed by atoms with Crippen LogP contribution in [0.4, 0.5) is 4.79 Å². The number of halogens is 2. The number of amides is 1. The molecule has 128 valence electrons. The number of rotatable bonds is 3. The molecule has 1 aromatic rings. The van der Waals surface area contributed by atoms with Crippen molar-refractivity contribution in [2.45, 2.75) is 45.4 Å². The Kier molecular flexibility index (Phi) is 5.70. The maximum atomic E-state index is 12.1. The zero-order valence-corrected chi connectivity index (χ0v) is 15.4. The van der Waals surface area contributed by atoms with E-state index in [4.69, 9.17) is 27.9 Å². The molecule has 1 saturated heterocycles. The van der Waals surface area contributed by atoms with Gasteiger partial charge in [-0.3, -0.25) is 4.90 Å². The van der Waals surface area contributed by atoms with Gasteiger partial charge in [0, 0.05) is 37.4 Å². The number of ether oxygens (including phenoxy) is 1. The summed E-state index contributed by atoms with van der Waals surface area (Å²) >= 11 is 11.8. The second-order valence-corrected chi connectivity index (χ2v) is 7.44. The van der Waals surface area contributed by atoms with Crippen molar-refractivity contribution in [1.82, 2.24) is 19.8 Å². The highest BCUT2D eigenvalue weighted by molar-refractivity contribution is 6.32. The van der Waals surface area contributed by atoms with Crippen LogP contribution in [0.2, 0.25) is 10.4 Å². The molecule has 1 aliphatic rings. The van der Waals surface area contributed by atoms with Crippen LogP contribution >= 0.6 is 23.2 Å². The van der Waals surface area contributed by atoms with Crippen LogP contribution in [0.3, 0.4) is 0 Å². The Labute approximate surface area is 146 Å². The number of carbonyl (C=O) groups excluding carboxylic acids is 1. The number of likely N-dealkylation sites (N-methyl/N-ethyl adjacent to an activating group) is 1. The van der Waals surface area contributed by atoms with Gasteiger partial charge in [-0.05, 0) is 45.8 Å². The molecule has 1 fully saturated rings. The number of likely N-dealkylation sites (tertiary alicyclic amines) is 1. The van der Waals surface area contributed by atoms with Gasteiger partial charge in [0.2, 0.25) is 5.28 Å². The van der Waals surface area contributed by atoms with E-state index < -0.39 is 5.60 Å². The maximum Gasteiger partial charge on any atom is 0.410 e. The summed E-state index contributed by atoms with van der Waals surface area (Å²) in [7, 11) is 1.99. The number of aromatic nitrogens is 2. The van der Waals surface area contributed by atoms with Crippen LogP contribution in [0.5, 0.6) is 0 Å². The monoisotopic (exact) mass is 360 g/mol. The second-order valence-electron chi connectivity index (χ2n) is 6.74. The number of carbonyl (C=O) groups is 1. The van der Waals surface area contributed by atoms with Crippen LogP contribution in [0, 0.1) is 0 Å². The largest absolute Gasteiger partial charge is 0.444 e. The number of hydrogen-bond donors (Lipinski definition) is 0. The van der Waals surface area contributed by atoms with E-state index in [1.54, 1.807) is 11.1 Å². The lowest BCUT2D eigenvalue weighted by Crippen LogP contribution is -2.38. The molecule has 0 spiro atoms. The average molecular weight is 361 g/mol. The van der Waals surface area contributed by atoms with Crippen LogP contribution in [0.15, 0.2) is 6.20 Å². The first-order chi connectivity index (χ1) is 10.7. The normalized spacial score (nSPS) is 18.6. The van der Waals surface area contributed by atoms with E-state index in [0.717, 1.165) is 12.0 Å². The third-order valence-corrected chi connectivity index (χ3v) is 4.15. The summed E-state index contributed by atoms with van der Waals surface area (Å²) in [6.45, 7) is 7.53. The summed E-state index contributed by atoms with van der Waals surface area (Å²) < 4.78 is 5.41. The molecule has 0 bridgehead atoms. The zero-order chi connectivity index (χ0) is 17.2. The van der Waals surface area contributed by atoms with Crippen molar-refractivity contribution in [3.05, 3.63) is 22.2 Å². The summed E-state index contributed by atoms with van der Waals surface area (Å²) in [5, 5.41) is 0.497. The van der Waals surface area contributed by atoms with Crippen LogP contribution in [0.1, 0.15) is 32.8 Å². The average Bonchev–Trinajstić information content (AvgIpc) is 2.90. The van der Waals surface area contributed by atoms with Crippen molar-refractivity contribution in [1.29, 1.82) is 0 Å². The minimum Gasteiger partial charge on any atom is -0.444 e. The number of nitrogens with zero attached hydrogens (tertiary/aromatic N) is 4. The van der Waals surface area contributed by atoms with Gasteiger partial charge in [-0.1, -0.05) is 11.6 Å². The standard InChI is InChI=1S/C15H22Cl2N4O2/c1-15(2,3)23-14(22)21-6-5-11(9-21)20(4)8-10-7-18-13(17)19-12(10)16/h7,11H,5-6,8-9H2,1-4H3/t11-/m1/s1. The molecule has 1 aliphatic heterocycles. The molecule has 0 unspecified atom stereocenters. The highest BCUT2D eigenvalue weighted by Gasteiger charge is 2.31. The first-order valence-electron chi connectivity index (χ1n) is 7.51. The molecule has 0 radical (unpaired) electrons. The molecule has 2 heterocycles. The van der Waals surface area contributed by atoms with Gasteiger partial charge in [-0.2, -0.15) is 0 Å². The topological polar surface area (TPSA) is 58.6 Å². The zero-order valence-electron chi connectivity index (χ0n) is 13.8. The van der Waals surface area contributed by atoms with Crippen molar-refractivity contribution < 1.29 is 9.53 Å². The van der Waals surface area contributed by atoms with Gasteiger partial charge >= 0.3 is 6.09 Å². The Morgan fingerprint density at radius 1 is 1.48 bits per heavy atom. The predicted octanol–water partition coefficient (Wildman–Crippen LogP) is 3.22. The van der Waals surface area contributed by atoms with Gasteiger partial charge in [-0.15, -0.1) is 0 Å². The van der Waals surface area contributed by atoms with Gasteiger partial charge in [0.05, 0.1) is 0 Å². The van der Waals surface area contributed by atoms with Crippen molar-refractivity contribution in [3.8, 4) is 0 Å². The summed E-state index contributed by atoms with van der Waals surface area (Å²) in [6.07, 6.45) is 2.26. The van der Waals surface area contributed by atoms with E-state index in [1.165, 1.54) is 0 Å². The second kappa shape index (κ2) is 7.20. The van der Waals surface area contributed by atoms with Crippen LogP contribution in [-0.2, 0) is 11.3 Å². The Morgan fingerprint density at radius 3 is 2.78 bits per heavy atom. The first-order valence-corrected chi connectivity index (χ1v) is 8.26. The number of hydrogen-bond acceptors (Lipinski definition) is 5. The fourth-order valence-electron chi connectivity index (χ4n) is 2.46. The van der Waals surface area contributed by atoms with Crippen molar-refractivity contribution >= 4 is 29.3 Å². The smallest absolute Gasteiger partial charge is 0.410 e. The van der Waals surface area contributed by atoms with E-state index in [0.29, 0.717) is 24.8 Å². The van der Waals surface area contributed by atoms with Gasteiger partial charge < -0.3 is 9.64 Å². The van der Waals surface area contributed by atoms with Gasteiger partial charge in [0.25, 0.3) is 0 Å². The molecular weight excluding hydrogens is 339 g/mol. The van der Waals surface area contributed by atoms with Crippen LogP contribution in [-0.4, -0.2) is 57.6 Å². The molecule has 0 aromatic carbocycles. The molecule has 23 heavy (non-hydrogen) atoms. The van der Waals surface area contributed by atoms with E-state index in [-0.39, 0.29) is 17.4 Å². The van der Waals surface area contributed by atoms with E-state index >= 15 is 0 Å². The molecule has 0 aliphatic carbocycles. The lowest BCUT2D eigenvalue weighted by molar-refractivity contribution is 0.0282. The van der Waals surface area contributed by atoms with Gasteiger partial charge in [-0.25, -0.2) is 14.8 Å². The highest BCUT2D eigenvalue weighted by Crippen LogP contribution is 2.21. The Hall–Kier alpha value is -1.11. The Balaban J connectivity index is 1.92. The van der Waals surface area contributed by atoms with E-state index in [9.17, 15) is 4.79 Å². The molecule has 1 atom stereocenters. The highest BCUT2D eigenvalue weighted by atomic mass is 35.5. The molecular formula is C15H22Cl2N4O2. The minimum absolute atomic E-state index is 0.137. The lowest BCUT2D eigenvalue weighted by atomic mass is 10.2. The maximum absolute atomic E-state index is 12.1.